The molecule has 0 atom stereocenters. The predicted molar refractivity (Wildman–Crippen MR) is 78.9 cm³/mol. The number of ketones is 1. The van der Waals surface area contributed by atoms with E-state index < -0.39 is 0 Å². The molecule has 0 amide bonds. The number of fused-ring (bicyclic) bond motifs is 1. The van der Waals surface area contributed by atoms with Crippen LogP contribution in [0.1, 0.15) is 10.5 Å². The quantitative estimate of drug-likeness (QED) is 0.510. The fourth-order valence-electron chi connectivity index (χ4n) is 1.57. The molecule has 0 aliphatic carbocycles. The fourth-order valence-corrected chi connectivity index (χ4v) is 1.57. The van der Waals surface area contributed by atoms with Crippen molar-refractivity contribution in [3.63, 3.8) is 0 Å². The van der Waals surface area contributed by atoms with E-state index in [0.717, 1.165) is 16.7 Å². The van der Waals surface area contributed by atoms with Crippen LogP contribution < -0.4 is 10.1 Å². The number of hydrogen-bond acceptors (Lipinski definition) is 4. The molecule has 0 saturated carbocycles. The van der Waals surface area contributed by atoms with E-state index in [1.54, 1.807) is 25.3 Å². The van der Waals surface area contributed by atoms with E-state index in [2.05, 4.69) is 16.9 Å². The van der Waals surface area contributed by atoms with Crippen molar-refractivity contribution in [2.24, 2.45) is 0 Å². The first-order valence-electron chi connectivity index (χ1n) is 5.96. The zero-order valence-electron chi connectivity index (χ0n) is 11.8. The Balaban J connectivity index is 0.000000612. The molecule has 1 aromatic carbocycles. The van der Waals surface area contributed by atoms with Gasteiger partial charge in [-0.15, -0.1) is 0 Å². The maximum atomic E-state index is 11.7. The molecule has 2 aromatic rings. The van der Waals surface area contributed by atoms with Crippen molar-refractivity contribution < 1.29 is 9.53 Å². The van der Waals surface area contributed by atoms with Crippen molar-refractivity contribution >= 4 is 16.7 Å². The molecular weight excluding hydrogens is 254 g/mol. The molecule has 0 unspecified atom stereocenters. The number of hydrogen-bond donors (Lipinski definition) is 2. The number of nitriles is 1. The number of benzene rings is 1. The Morgan fingerprint density at radius 3 is 2.60 bits per heavy atom. The lowest BCUT2D eigenvalue weighted by atomic mass is 10.1. The smallest absolute Gasteiger partial charge is 0.219 e. The molecule has 1 heterocycles. The molecular formula is C15H17N3O2. The normalized spacial score (nSPS) is 9.30. The highest BCUT2D eigenvalue weighted by Gasteiger charge is 2.12. The van der Waals surface area contributed by atoms with Gasteiger partial charge in [0, 0.05) is 10.9 Å². The van der Waals surface area contributed by atoms with Gasteiger partial charge >= 0.3 is 0 Å². The first kappa shape index (κ1) is 15.5. The molecule has 2 rings (SSSR count). The van der Waals surface area contributed by atoms with Gasteiger partial charge in [-0.1, -0.05) is 6.58 Å². The number of methoxy groups -OCH3 is 1. The molecule has 5 nitrogen and oxygen atoms in total. The third-order valence-electron chi connectivity index (χ3n) is 2.48. The van der Waals surface area contributed by atoms with Gasteiger partial charge in [-0.3, -0.25) is 4.79 Å². The number of ether oxygens (including phenoxy) is 1. The first-order chi connectivity index (χ1) is 9.57. The number of rotatable bonds is 3. The van der Waals surface area contributed by atoms with Gasteiger partial charge in [-0.2, -0.15) is 5.26 Å². The van der Waals surface area contributed by atoms with Gasteiger partial charge in [0.2, 0.25) is 5.78 Å². The topological polar surface area (TPSA) is 77.9 Å². The van der Waals surface area contributed by atoms with Crippen LogP contribution >= 0.6 is 0 Å². The van der Waals surface area contributed by atoms with Gasteiger partial charge < -0.3 is 15.0 Å². The molecule has 0 aliphatic rings. The summed E-state index contributed by atoms with van der Waals surface area (Å²) in [5.41, 5.74) is 1.10. The highest BCUT2D eigenvalue weighted by molar-refractivity contribution is 6.11. The SMILES string of the molecule is C=C(C#N)C(=O)c1cc2cc(OC)ccc2[nH]1.CNC. The molecule has 1 aromatic heterocycles. The van der Waals surface area contributed by atoms with E-state index in [9.17, 15) is 4.79 Å². The van der Waals surface area contributed by atoms with Crippen LogP contribution in [-0.4, -0.2) is 32.0 Å². The maximum Gasteiger partial charge on any atom is 0.219 e. The third-order valence-corrected chi connectivity index (χ3v) is 2.48. The monoisotopic (exact) mass is 271 g/mol. The average Bonchev–Trinajstić information content (AvgIpc) is 2.89. The van der Waals surface area contributed by atoms with Crippen LogP contribution in [0.25, 0.3) is 10.9 Å². The summed E-state index contributed by atoms with van der Waals surface area (Å²) in [6, 6.07) is 8.86. The summed E-state index contributed by atoms with van der Waals surface area (Å²) < 4.78 is 5.09. The highest BCUT2D eigenvalue weighted by atomic mass is 16.5. The average molecular weight is 271 g/mol. The maximum absolute atomic E-state index is 11.7. The second kappa shape index (κ2) is 7.12. The first-order valence-corrected chi connectivity index (χ1v) is 5.96. The van der Waals surface area contributed by atoms with Gasteiger partial charge in [0.15, 0.2) is 0 Å². The van der Waals surface area contributed by atoms with Gasteiger partial charge in [-0.25, -0.2) is 0 Å². The van der Waals surface area contributed by atoms with Crippen molar-refractivity contribution in [3.8, 4) is 11.8 Å². The summed E-state index contributed by atoms with van der Waals surface area (Å²) in [4.78, 5) is 14.7. The Kier molecular flexibility index (Phi) is 5.51. The van der Waals surface area contributed by atoms with Crippen LogP contribution in [0.5, 0.6) is 5.75 Å². The second-order valence-electron chi connectivity index (χ2n) is 4.06. The summed E-state index contributed by atoms with van der Waals surface area (Å²) in [6.07, 6.45) is 0. The number of allylic oxidation sites excluding steroid dienone is 1. The van der Waals surface area contributed by atoms with Crippen LogP contribution in [0.4, 0.5) is 0 Å². The summed E-state index contributed by atoms with van der Waals surface area (Å²) in [7, 11) is 5.33. The Morgan fingerprint density at radius 2 is 2.05 bits per heavy atom. The number of carbonyl (C=O) groups is 1. The lowest BCUT2D eigenvalue weighted by Gasteiger charge is -1.97. The molecule has 0 aliphatic heterocycles. The Bertz CT molecular complexity index is 665. The molecule has 0 saturated heterocycles. The summed E-state index contributed by atoms with van der Waals surface area (Å²) in [5, 5.41) is 12.2. The van der Waals surface area contributed by atoms with Crippen molar-refractivity contribution in [1.29, 1.82) is 5.26 Å². The van der Waals surface area contributed by atoms with Crippen LogP contribution in [0.2, 0.25) is 0 Å². The summed E-state index contributed by atoms with van der Waals surface area (Å²) in [6.45, 7) is 3.40. The molecule has 104 valence electrons. The van der Waals surface area contributed by atoms with E-state index in [1.807, 2.05) is 26.2 Å². The van der Waals surface area contributed by atoms with Crippen LogP contribution in [0, 0.1) is 11.3 Å². The minimum Gasteiger partial charge on any atom is -0.497 e. The zero-order chi connectivity index (χ0) is 15.1. The highest BCUT2D eigenvalue weighted by Crippen LogP contribution is 2.22. The van der Waals surface area contributed by atoms with Crippen molar-refractivity contribution in [2.45, 2.75) is 0 Å². The number of H-pyrrole nitrogens is 1. The molecule has 0 fully saturated rings. The molecule has 0 radical (unpaired) electrons. The van der Waals surface area contributed by atoms with E-state index in [-0.39, 0.29) is 11.4 Å². The minimum atomic E-state index is -0.386. The molecule has 5 heteroatoms. The van der Waals surface area contributed by atoms with Crippen molar-refractivity contribution in [1.82, 2.24) is 10.3 Å². The lowest BCUT2D eigenvalue weighted by Crippen LogP contribution is -2.00. The number of aromatic amines is 1. The van der Waals surface area contributed by atoms with Crippen molar-refractivity contribution in [2.75, 3.05) is 21.2 Å². The van der Waals surface area contributed by atoms with E-state index >= 15 is 0 Å². The number of nitrogens with one attached hydrogen (secondary N) is 2. The van der Waals surface area contributed by atoms with Crippen LogP contribution in [0.15, 0.2) is 36.4 Å². The predicted octanol–water partition coefficient (Wildman–Crippen LogP) is 2.27. The number of Topliss-reactive ketones (excluding diaryl/α,β-unsaturated/α-hetero) is 1. The number of nitrogens with zero attached hydrogens (tertiary/aromatic N) is 1. The molecule has 2 N–H and O–H groups in total. The van der Waals surface area contributed by atoms with Gasteiger partial charge in [-0.05, 0) is 38.4 Å². The fraction of sp³-hybridized carbons (Fsp3) is 0.200. The standard InChI is InChI=1S/C13H10N2O2.C2H7N/c1-8(7-14)13(16)12-6-9-5-10(17-2)3-4-11(9)15-12;1-3-2/h3-6,15H,1H2,2H3;3H,1-2H3. The third kappa shape index (κ3) is 3.46. The minimum absolute atomic E-state index is 0.0801. The van der Waals surface area contributed by atoms with E-state index in [1.165, 1.54) is 0 Å². The Hall–Kier alpha value is -2.58. The van der Waals surface area contributed by atoms with Gasteiger partial charge in [0.1, 0.15) is 11.8 Å². The number of aromatic nitrogens is 1. The zero-order valence-corrected chi connectivity index (χ0v) is 11.8. The summed E-state index contributed by atoms with van der Waals surface area (Å²) >= 11 is 0. The Morgan fingerprint density at radius 1 is 1.40 bits per heavy atom. The number of carbonyl (C=O) groups excluding carboxylic acids is 1. The molecule has 0 spiro atoms. The van der Waals surface area contributed by atoms with Crippen molar-refractivity contribution in [3.05, 3.63) is 42.1 Å². The Labute approximate surface area is 117 Å². The van der Waals surface area contributed by atoms with Gasteiger partial charge in [0.25, 0.3) is 0 Å². The lowest BCUT2D eigenvalue weighted by molar-refractivity contribution is 0.103. The van der Waals surface area contributed by atoms with E-state index in [4.69, 9.17) is 10.00 Å². The molecule has 0 bridgehead atoms. The summed E-state index contributed by atoms with van der Waals surface area (Å²) in [5.74, 6) is 0.331. The van der Waals surface area contributed by atoms with E-state index in [0.29, 0.717) is 5.69 Å². The molecule has 20 heavy (non-hydrogen) atoms. The largest absolute Gasteiger partial charge is 0.497 e. The van der Waals surface area contributed by atoms with Crippen LogP contribution in [-0.2, 0) is 0 Å². The van der Waals surface area contributed by atoms with Gasteiger partial charge in [0.05, 0.1) is 18.4 Å². The van der Waals surface area contributed by atoms with Crippen LogP contribution in [0.3, 0.4) is 0 Å². The second-order valence-corrected chi connectivity index (χ2v) is 4.06.